The van der Waals surface area contributed by atoms with Crippen molar-refractivity contribution in [1.29, 1.82) is 0 Å². The number of ether oxygens (including phenoxy) is 1. The van der Waals surface area contributed by atoms with E-state index in [9.17, 15) is 9.59 Å². The third-order valence-electron chi connectivity index (χ3n) is 4.81. The van der Waals surface area contributed by atoms with Crippen molar-refractivity contribution >= 4 is 40.7 Å². The van der Waals surface area contributed by atoms with Gasteiger partial charge in [-0.15, -0.1) is 0 Å². The van der Waals surface area contributed by atoms with Crippen LogP contribution in [-0.2, 0) is 27.3 Å². The van der Waals surface area contributed by atoms with Crippen LogP contribution in [0.2, 0.25) is 10.0 Å². The largest absolute Gasteiger partial charge is 0.379 e. The number of morpholine rings is 1. The van der Waals surface area contributed by atoms with Gasteiger partial charge in [0.2, 0.25) is 11.8 Å². The first-order valence-electron chi connectivity index (χ1n) is 9.89. The predicted molar refractivity (Wildman–Crippen MR) is 119 cm³/mol. The van der Waals surface area contributed by atoms with Crippen molar-refractivity contribution in [2.75, 3.05) is 38.2 Å². The zero-order valence-corrected chi connectivity index (χ0v) is 18.1. The van der Waals surface area contributed by atoms with E-state index in [0.29, 0.717) is 23.0 Å². The van der Waals surface area contributed by atoms with Gasteiger partial charge in [0.1, 0.15) is 0 Å². The maximum atomic E-state index is 12.2. The molecular formula is C22H25Cl2N3O3. The molecule has 0 aliphatic carbocycles. The standard InChI is InChI=1S/C22H25Cl2N3O3/c23-19-5-4-16(13-20(19)24)14-22(29)25-15-17-2-1-3-18(12-17)26-21(28)6-7-27-8-10-30-11-9-27/h1-5,12-13H,6-11,14-15H2,(H,25,29)(H,26,28). The van der Waals surface area contributed by atoms with Gasteiger partial charge in [-0.2, -0.15) is 0 Å². The molecule has 8 heteroatoms. The number of anilines is 1. The number of amides is 2. The second-order valence-corrected chi connectivity index (χ2v) is 7.97. The molecule has 0 spiro atoms. The number of nitrogens with one attached hydrogen (secondary N) is 2. The number of benzene rings is 2. The topological polar surface area (TPSA) is 70.7 Å². The van der Waals surface area contributed by atoms with Gasteiger partial charge in [0, 0.05) is 38.3 Å². The summed E-state index contributed by atoms with van der Waals surface area (Å²) in [6, 6.07) is 12.6. The van der Waals surface area contributed by atoms with E-state index in [-0.39, 0.29) is 18.2 Å². The maximum absolute atomic E-state index is 12.2. The molecule has 1 saturated heterocycles. The Bertz CT molecular complexity index is 886. The van der Waals surface area contributed by atoms with Crippen molar-refractivity contribution in [2.24, 2.45) is 0 Å². The summed E-state index contributed by atoms with van der Waals surface area (Å²) >= 11 is 11.9. The van der Waals surface area contributed by atoms with Crippen LogP contribution in [0.15, 0.2) is 42.5 Å². The Morgan fingerprint density at radius 3 is 2.53 bits per heavy atom. The molecule has 160 valence electrons. The van der Waals surface area contributed by atoms with Crippen LogP contribution in [0.3, 0.4) is 0 Å². The van der Waals surface area contributed by atoms with E-state index in [0.717, 1.165) is 49.7 Å². The summed E-state index contributed by atoms with van der Waals surface area (Å²) in [6.07, 6.45) is 0.652. The summed E-state index contributed by atoms with van der Waals surface area (Å²) in [7, 11) is 0. The molecule has 2 amide bonds. The molecule has 2 aromatic rings. The number of hydrogen-bond acceptors (Lipinski definition) is 4. The highest BCUT2D eigenvalue weighted by Crippen LogP contribution is 2.22. The summed E-state index contributed by atoms with van der Waals surface area (Å²) in [5, 5.41) is 6.70. The molecular weight excluding hydrogens is 425 g/mol. The molecule has 2 N–H and O–H groups in total. The highest BCUT2D eigenvalue weighted by molar-refractivity contribution is 6.42. The fourth-order valence-electron chi connectivity index (χ4n) is 3.17. The molecule has 0 bridgehead atoms. The molecule has 6 nitrogen and oxygen atoms in total. The average Bonchev–Trinajstić information content (AvgIpc) is 2.74. The van der Waals surface area contributed by atoms with Crippen molar-refractivity contribution in [3.05, 3.63) is 63.6 Å². The average molecular weight is 450 g/mol. The van der Waals surface area contributed by atoms with E-state index in [1.165, 1.54) is 0 Å². The zero-order valence-electron chi connectivity index (χ0n) is 16.6. The Balaban J connectivity index is 1.44. The molecule has 0 radical (unpaired) electrons. The summed E-state index contributed by atoms with van der Waals surface area (Å²) in [5.74, 6) is -0.143. The van der Waals surface area contributed by atoms with E-state index < -0.39 is 0 Å². The second kappa shape index (κ2) is 11.3. The molecule has 2 aromatic carbocycles. The van der Waals surface area contributed by atoms with Crippen LogP contribution in [-0.4, -0.2) is 49.6 Å². The molecule has 30 heavy (non-hydrogen) atoms. The molecule has 1 fully saturated rings. The molecule has 0 aromatic heterocycles. The lowest BCUT2D eigenvalue weighted by molar-refractivity contribution is -0.120. The fourth-order valence-corrected chi connectivity index (χ4v) is 3.49. The lowest BCUT2D eigenvalue weighted by Crippen LogP contribution is -2.38. The van der Waals surface area contributed by atoms with Crippen LogP contribution >= 0.6 is 23.2 Å². The second-order valence-electron chi connectivity index (χ2n) is 7.15. The first kappa shape index (κ1) is 22.6. The first-order chi connectivity index (χ1) is 14.5. The number of carbonyl (C=O) groups excluding carboxylic acids is 2. The number of hydrogen-bond donors (Lipinski definition) is 2. The molecule has 0 saturated carbocycles. The Morgan fingerprint density at radius 2 is 1.77 bits per heavy atom. The van der Waals surface area contributed by atoms with Gasteiger partial charge in [0.15, 0.2) is 0 Å². The lowest BCUT2D eigenvalue weighted by Gasteiger charge is -2.26. The third-order valence-corrected chi connectivity index (χ3v) is 5.55. The van der Waals surface area contributed by atoms with Gasteiger partial charge in [-0.1, -0.05) is 41.4 Å². The molecule has 3 rings (SSSR count). The monoisotopic (exact) mass is 449 g/mol. The van der Waals surface area contributed by atoms with Crippen molar-refractivity contribution in [3.63, 3.8) is 0 Å². The quantitative estimate of drug-likeness (QED) is 0.646. The van der Waals surface area contributed by atoms with Crippen LogP contribution in [0.25, 0.3) is 0 Å². The summed E-state index contributed by atoms with van der Waals surface area (Å²) in [6.45, 7) is 4.27. The maximum Gasteiger partial charge on any atom is 0.225 e. The van der Waals surface area contributed by atoms with Crippen LogP contribution in [0.5, 0.6) is 0 Å². The lowest BCUT2D eigenvalue weighted by atomic mass is 10.1. The number of carbonyl (C=O) groups is 2. The van der Waals surface area contributed by atoms with Crippen LogP contribution < -0.4 is 10.6 Å². The predicted octanol–water partition coefficient (Wildman–Crippen LogP) is 3.51. The van der Waals surface area contributed by atoms with Crippen molar-refractivity contribution in [2.45, 2.75) is 19.4 Å². The molecule has 1 aliphatic rings. The molecule has 0 atom stereocenters. The van der Waals surface area contributed by atoms with E-state index in [2.05, 4.69) is 15.5 Å². The molecule has 0 unspecified atom stereocenters. The van der Waals surface area contributed by atoms with Gasteiger partial charge in [-0.25, -0.2) is 0 Å². The summed E-state index contributed by atoms with van der Waals surface area (Å²) in [4.78, 5) is 26.7. The highest BCUT2D eigenvalue weighted by Gasteiger charge is 2.12. The van der Waals surface area contributed by atoms with Gasteiger partial charge in [-0.05, 0) is 35.4 Å². The van der Waals surface area contributed by atoms with Gasteiger partial charge in [-0.3, -0.25) is 14.5 Å². The number of nitrogens with zero attached hydrogens (tertiary/aromatic N) is 1. The van der Waals surface area contributed by atoms with E-state index >= 15 is 0 Å². The highest BCUT2D eigenvalue weighted by atomic mass is 35.5. The Labute approximate surface area is 186 Å². The smallest absolute Gasteiger partial charge is 0.225 e. The minimum atomic E-state index is -0.117. The van der Waals surface area contributed by atoms with Gasteiger partial charge < -0.3 is 15.4 Å². The van der Waals surface area contributed by atoms with E-state index in [1.54, 1.807) is 18.2 Å². The van der Waals surface area contributed by atoms with E-state index in [1.807, 2.05) is 24.3 Å². The van der Waals surface area contributed by atoms with Gasteiger partial charge in [0.05, 0.1) is 29.7 Å². The number of halogens is 2. The Hall–Kier alpha value is -2.12. The van der Waals surface area contributed by atoms with Gasteiger partial charge in [0.25, 0.3) is 0 Å². The summed E-state index contributed by atoms with van der Waals surface area (Å²) < 4.78 is 5.31. The van der Waals surface area contributed by atoms with Crippen LogP contribution in [0.1, 0.15) is 17.5 Å². The summed E-state index contributed by atoms with van der Waals surface area (Å²) in [5.41, 5.74) is 2.42. The fraction of sp³-hybridized carbons (Fsp3) is 0.364. The normalized spacial score (nSPS) is 14.3. The number of rotatable bonds is 8. The molecule has 1 aliphatic heterocycles. The van der Waals surface area contributed by atoms with Crippen LogP contribution in [0.4, 0.5) is 5.69 Å². The van der Waals surface area contributed by atoms with Gasteiger partial charge >= 0.3 is 0 Å². The zero-order chi connectivity index (χ0) is 21.3. The Morgan fingerprint density at radius 1 is 0.967 bits per heavy atom. The minimum Gasteiger partial charge on any atom is -0.379 e. The van der Waals surface area contributed by atoms with Crippen LogP contribution in [0, 0.1) is 0 Å². The van der Waals surface area contributed by atoms with Crippen molar-refractivity contribution in [1.82, 2.24) is 10.2 Å². The van der Waals surface area contributed by atoms with Crippen molar-refractivity contribution < 1.29 is 14.3 Å². The third kappa shape index (κ3) is 7.29. The minimum absolute atomic E-state index is 0.0257. The molecule has 1 heterocycles. The Kier molecular flexibility index (Phi) is 8.51. The first-order valence-corrected chi connectivity index (χ1v) is 10.6. The SMILES string of the molecule is O=C(Cc1ccc(Cl)c(Cl)c1)NCc1cccc(NC(=O)CCN2CCOCC2)c1. The van der Waals surface area contributed by atoms with E-state index in [4.69, 9.17) is 27.9 Å². The van der Waals surface area contributed by atoms with Crippen molar-refractivity contribution in [3.8, 4) is 0 Å².